The average Bonchev–Trinajstić information content (AvgIpc) is 3.16. The molecule has 112 valence electrons. The zero-order chi connectivity index (χ0) is 14.8. The van der Waals surface area contributed by atoms with E-state index in [9.17, 15) is 9.90 Å². The fourth-order valence-electron chi connectivity index (χ4n) is 2.65. The van der Waals surface area contributed by atoms with Crippen LogP contribution in [0.1, 0.15) is 28.2 Å². The quantitative estimate of drug-likeness (QED) is 0.945. The lowest BCUT2D eigenvalue weighted by Gasteiger charge is -2.31. The minimum atomic E-state index is 0.0598. The van der Waals surface area contributed by atoms with Crippen LogP contribution in [-0.4, -0.2) is 40.6 Å². The number of carbonyl (C=O) groups excluding carboxylic acids is 1. The number of thiophene rings is 1. The lowest BCUT2D eigenvalue weighted by Crippen LogP contribution is -2.40. The summed E-state index contributed by atoms with van der Waals surface area (Å²) in [7, 11) is 0. The highest BCUT2D eigenvalue weighted by atomic mass is 32.1. The van der Waals surface area contributed by atoms with Gasteiger partial charge < -0.3 is 10.0 Å². The fraction of sp³-hybridized carbons (Fsp3) is 0.467. The Morgan fingerprint density at radius 2 is 2.43 bits per heavy atom. The maximum absolute atomic E-state index is 12.7. The van der Waals surface area contributed by atoms with Crippen LogP contribution in [-0.2, 0) is 0 Å². The maximum Gasteiger partial charge on any atom is 0.265 e. The highest BCUT2D eigenvalue weighted by molar-refractivity contribution is 7.17. The largest absolute Gasteiger partial charge is 0.396 e. The van der Waals surface area contributed by atoms with Crippen molar-refractivity contribution in [2.75, 3.05) is 19.7 Å². The lowest BCUT2D eigenvalue weighted by atomic mass is 9.99. The third kappa shape index (κ3) is 3.02. The first-order valence-electron chi connectivity index (χ1n) is 7.09. The zero-order valence-corrected chi connectivity index (χ0v) is 13.5. The van der Waals surface area contributed by atoms with Crippen molar-refractivity contribution in [2.45, 2.75) is 19.8 Å². The van der Waals surface area contributed by atoms with Crippen molar-refractivity contribution >= 4 is 28.6 Å². The topological polar surface area (TPSA) is 53.4 Å². The van der Waals surface area contributed by atoms with Gasteiger partial charge in [0, 0.05) is 30.6 Å². The van der Waals surface area contributed by atoms with Crippen molar-refractivity contribution in [3.63, 3.8) is 0 Å². The Bertz CT molecular complexity index is 622. The predicted molar refractivity (Wildman–Crippen MR) is 85.9 cm³/mol. The summed E-state index contributed by atoms with van der Waals surface area (Å²) in [6.07, 6.45) is 1.97. The summed E-state index contributed by atoms with van der Waals surface area (Å²) in [5.74, 6) is 0.275. The number of amides is 1. The first-order chi connectivity index (χ1) is 10.2. The molecule has 4 nitrogen and oxygen atoms in total. The second-order valence-electron chi connectivity index (χ2n) is 5.39. The predicted octanol–water partition coefficient (Wildman–Crippen LogP) is 3.02. The summed E-state index contributed by atoms with van der Waals surface area (Å²) in [4.78, 5) is 19.8. The number of aliphatic hydroxyl groups excluding tert-OH is 1. The van der Waals surface area contributed by atoms with E-state index < -0.39 is 0 Å². The van der Waals surface area contributed by atoms with E-state index >= 15 is 0 Å². The van der Waals surface area contributed by atoms with Gasteiger partial charge in [0.15, 0.2) is 0 Å². The minimum Gasteiger partial charge on any atom is -0.396 e. The Morgan fingerprint density at radius 3 is 3.14 bits per heavy atom. The number of aryl methyl sites for hydroxylation is 1. The van der Waals surface area contributed by atoms with E-state index in [4.69, 9.17) is 0 Å². The summed E-state index contributed by atoms with van der Waals surface area (Å²) in [6.45, 7) is 3.49. The summed E-state index contributed by atoms with van der Waals surface area (Å²) in [5.41, 5.74) is 1.89. The molecule has 1 unspecified atom stereocenters. The Morgan fingerprint density at radius 1 is 1.57 bits per heavy atom. The van der Waals surface area contributed by atoms with Gasteiger partial charge in [-0.15, -0.1) is 11.3 Å². The lowest BCUT2D eigenvalue weighted by molar-refractivity contribution is 0.0624. The van der Waals surface area contributed by atoms with Gasteiger partial charge >= 0.3 is 0 Å². The van der Waals surface area contributed by atoms with Crippen molar-refractivity contribution in [1.82, 2.24) is 9.88 Å². The van der Waals surface area contributed by atoms with E-state index in [0.717, 1.165) is 40.5 Å². The van der Waals surface area contributed by atoms with Crippen LogP contribution in [0.25, 0.3) is 10.6 Å². The highest BCUT2D eigenvalue weighted by Gasteiger charge is 2.27. The van der Waals surface area contributed by atoms with Crippen LogP contribution in [0.5, 0.6) is 0 Å². The molecule has 1 aliphatic heterocycles. The van der Waals surface area contributed by atoms with Crippen molar-refractivity contribution in [2.24, 2.45) is 5.92 Å². The first kappa shape index (κ1) is 14.7. The number of piperidine rings is 1. The molecule has 2 aromatic heterocycles. The van der Waals surface area contributed by atoms with Crippen LogP contribution < -0.4 is 0 Å². The average molecular weight is 322 g/mol. The molecule has 1 amide bonds. The van der Waals surface area contributed by atoms with Crippen LogP contribution in [0, 0.1) is 12.8 Å². The van der Waals surface area contributed by atoms with E-state index in [-0.39, 0.29) is 18.4 Å². The van der Waals surface area contributed by atoms with E-state index in [1.165, 1.54) is 11.3 Å². The van der Waals surface area contributed by atoms with E-state index in [1.54, 1.807) is 11.3 Å². The summed E-state index contributed by atoms with van der Waals surface area (Å²) < 4.78 is 0. The second kappa shape index (κ2) is 6.25. The van der Waals surface area contributed by atoms with Gasteiger partial charge in [0.05, 0.1) is 5.69 Å². The molecule has 1 fully saturated rings. The Hall–Kier alpha value is -1.24. The van der Waals surface area contributed by atoms with Crippen molar-refractivity contribution in [3.8, 4) is 10.6 Å². The number of nitrogens with zero attached hydrogens (tertiary/aromatic N) is 2. The number of rotatable bonds is 3. The van der Waals surface area contributed by atoms with Crippen LogP contribution in [0.2, 0.25) is 0 Å². The fourth-order valence-corrected chi connectivity index (χ4v) is 4.39. The molecule has 3 heterocycles. The molecule has 1 aliphatic rings. The van der Waals surface area contributed by atoms with E-state index in [2.05, 4.69) is 10.4 Å². The summed E-state index contributed by atoms with van der Waals surface area (Å²) >= 11 is 3.10. The number of aromatic nitrogens is 1. The molecule has 0 bridgehead atoms. The van der Waals surface area contributed by atoms with Gasteiger partial charge in [0.25, 0.3) is 5.91 Å². The van der Waals surface area contributed by atoms with Gasteiger partial charge in [0.1, 0.15) is 9.88 Å². The van der Waals surface area contributed by atoms with Gasteiger partial charge in [0.2, 0.25) is 0 Å². The van der Waals surface area contributed by atoms with Gasteiger partial charge in [-0.25, -0.2) is 4.98 Å². The van der Waals surface area contributed by atoms with Crippen molar-refractivity contribution in [3.05, 3.63) is 27.4 Å². The number of carbonyl (C=O) groups is 1. The number of aliphatic hydroxyl groups is 1. The van der Waals surface area contributed by atoms with Gasteiger partial charge in [-0.3, -0.25) is 4.79 Å². The number of hydrogen-bond donors (Lipinski definition) is 1. The van der Waals surface area contributed by atoms with Crippen LogP contribution in [0.3, 0.4) is 0 Å². The molecule has 1 atom stereocenters. The maximum atomic E-state index is 12.7. The minimum absolute atomic E-state index is 0.0598. The van der Waals surface area contributed by atoms with Crippen molar-refractivity contribution < 1.29 is 9.90 Å². The van der Waals surface area contributed by atoms with E-state index in [1.807, 2.05) is 23.3 Å². The number of hydrogen-bond acceptors (Lipinski definition) is 5. The molecule has 0 spiro atoms. The first-order valence-corrected chi connectivity index (χ1v) is 8.85. The Kier molecular flexibility index (Phi) is 4.37. The van der Waals surface area contributed by atoms with Gasteiger partial charge in [-0.1, -0.05) is 0 Å². The highest BCUT2D eigenvalue weighted by Crippen LogP contribution is 2.31. The SMILES string of the molecule is Cc1nc(-c2ccsc2)sc1C(=O)N1CCCC(CO)C1. The summed E-state index contributed by atoms with van der Waals surface area (Å²) in [5, 5.41) is 14.3. The molecular weight excluding hydrogens is 304 g/mol. The number of thiazole rings is 1. The van der Waals surface area contributed by atoms with Crippen molar-refractivity contribution in [1.29, 1.82) is 0 Å². The molecule has 1 saturated heterocycles. The molecule has 21 heavy (non-hydrogen) atoms. The number of likely N-dealkylation sites (tertiary alicyclic amines) is 1. The van der Waals surface area contributed by atoms with Gasteiger partial charge in [-0.05, 0) is 37.1 Å². The Balaban J connectivity index is 1.81. The smallest absolute Gasteiger partial charge is 0.265 e. The van der Waals surface area contributed by atoms with Crippen LogP contribution >= 0.6 is 22.7 Å². The third-order valence-electron chi connectivity index (χ3n) is 3.82. The molecule has 0 aromatic carbocycles. The normalized spacial score (nSPS) is 19.0. The second-order valence-corrected chi connectivity index (χ2v) is 7.17. The standard InChI is InChI=1S/C15H18N2O2S2/c1-10-13(21-14(16-10)12-4-6-20-9-12)15(19)17-5-2-3-11(7-17)8-18/h4,6,9,11,18H,2-3,5,7-8H2,1H3. The zero-order valence-electron chi connectivity index (χ0n) is 11.9. The molecular formula is C15H18N2O2S2. The molecule has 6 heteroatoms. The third-order valence-corrected chi connectivity index (χ3v) is 5.70. The molecule has 0 radical (unpaired) electrons. The summed E-state index contributed by atoms with van der Waals surface area (Å²) in [6, 6.07) is 2.03. The van der Waals surface area contributed by atoms with Crippen LogP contribution in [0.4, 0.5) is 0 Å². The molecule has 0 aliphatic carbocycles. The molecule has 2 aromatic rings. The van der Waals surface area contributed by atoms with E-state index in [0.29, 0.717) is 6.54 Å². The van der Waals surface area contributed by atoms with Gasteiger partial charge in [-0.2, -0.15) is 11.3 Å². The van der Waals surface area contributed by atoms with Crippen LogP contribution in [0.15, 0.2) is 16.8 Å². The molecule has 3 rings (SSSR count). The molecule has 1 N–H and O–H groups in total. The molecule has 0 saturated carbocycles. The Labute approximate surface area is 132 Å². The monoisotopic (exact) mass is 322 g/mol.